The van der Waals surface area contributed by atoms with E-state index in [1.807, 2.05) is 8.93 Å². The fourth-order valence-electron chi connectivity index (χ4n) is 2.80. The molecule has 5 unspecified atom stereocenters. The number of rotatable bonds is 1. The van der Waals surface area contributed by atoms with Gasteiger partial charge in [0.25, 0.3) is 0 Å². The molecule has 3 aliphatic rings. The third kappa shape index (κ3) is 1.61. The van der Waals surface area contributed by atoms with Crippen LogP contribution in [0.3, 0.4) is 0 Å². The number of nitrogens with one attached hydrogen (secondary N) is 2. The monoisotopic (exact) mass is 340 g/mol. The summed E-state index contributed by atoms with van der Waals surface area (Å²) in [6.45, 7) is 0.581. The zero-order chi connectivity index (χ0) is 10.4. The molecule has 0 bridgehead atoms. The van der Waals surface area contributed by atoms with E-state index in [1.54, 1.807) is 0 Å². The van der Waals surface area contributed by atoms with Crippen molar-refractivity contribution >= 4 is 8.93 Å². The van der Waals surface area contributed by atoms with Crippen LogP contribution in [-0.2, 0) is 0 Å². The van der Waals surface area contributed by atoms with Crippen molar-refractivity contribution in [1.29, 1.82) is 0 Å². The molecule has 86 valence electrons. The SMILES string of the molecule is NCC1C(O)NC2CC=C3N[I-]SC3C21. The summed E-state index contributed by atoms with van der Waals surface area (Å²) in [4.78, 5) is 0. The summed E-state index contributed by atoms with van der Waals surface area (Å²) in [7, 11) is 2.05. The van der Waals surface area contributed by atoms with Gasteiger partial charge in [-0.1, -0.05) is 0 Å². The van der Waals surface area contributed by atoms with Crippen molar-refractivity contribution in [3.8, 4) is 0 Å². The van der Waals surface area contributed by atoms with Crippen LogP contribution in [0.5, 0.6) is 0 Å². The van der Waals surface area contributed by atoms with Gasteiger partial charge in [0.15, 0.2) is 0 Å². The molecule has 0 aromatic heterocycles. The first-order chi connectivity index (χ1) is 7.31. The summed E-state index contributed by atoms with van der Waals surface area (Å²) in [6.07, 6.45) is 2.92. The molecule has 15 heavy (non-hydrogen) atoms. The van der Waals surface area contributed by atoms with E-state index in [0.717, 1.165) is 6.42 Å². The van der Waals surface area contributed by atoms with Gasteiger partial charge in [-0.05, 0) is 0 Å². The number of nitrogens with two attached hydrogens (primary N) is 1. The van der Waals surface area contributed by atoms with Crippen LogP contribution in [0.2, 0.25) is 0 Å². The summed E-state index contributed by atoms with van der Waals surface area (Å²) < 4.78 is 3.51. The Balaban J connectivity index is 1.89. The quantitative estimate of drug-likeness (QED) is 0.293. The van der Waals surface area contributed by atoms with Gasteiger partial charge in [0.2, 0.25) is 0 Å². The average molecular weight is 340 g/mol. The molecule has 6 heteroatoms. The number of halogens is 1. The van der Waals surface area contributed by atoms with Crippen molar-refractivity contribution in [2.24, 2.45) is 17.6 Å². The number of aliphatic hydroxyl groups excluding tert-OH is 1. The summed E-state index contributed by atoms with van der Waals surface area (Å²) in [6, 6.07) is 0.429. The van der Waals surface area contributed by atoms with Crippen LogP contribution < -0.4 is 34.7 Å². The van der Waals surface area contributed by atoms with E-state index in [4.69, 9.17) is 5.73 Å². The van der Waals surface area contributed by atoms with Crippen molar-refractivity contribution < 1.29 is 25.2 Å². The van der Waals surface area contributed by atoms with Crippen molar-refractivity contribution in [2.45, 2.75) is 23.9 Å². The minimum absolute atomic E-state index is 0.0730. The Kier molecular flexibility index (Phi) is 2.88. The van der Waals surface area contributed by atoms with E-state index in [2.05, 4.69) is 14.9 Å². The summed E-state index contributed by atoms with van der Waals surface area (Å²) >= 11 is 0.0730. The Labute approximate surface area is 102 Å². The van der Waals surface area contributed by atoms with Crippen LogP contribution in [0, 0.1) is 11.8 Å². The molecule has 0 aromatic carbocycles. The van der Waals surface area contributed by atoms with Gasteiger partial charge in [-0.25, -0.2) is 0 Å². The molecular formula is C9H15IN3OS-. The third-order valence-electron chi connectivity index (χ3n) is 3.56. The van der Waals surface area contributed by atoms with E-state index < -0.39 is 6.23 Å². The summed E-state index contributed by atoms with van der Waals surface area (Å²) in [5.41, 5.74) is 7.18. The van der Waals surface area contributed by atoms with Crippen LogP contribution >= 0.6 is 8.93 Å². The number of hydrogen-bond acceptors (Lipinski definition) is 5. The first kappa shape index (κ1) is 10.6. The molecule has 5 atom stereocenters. The van der Waals surface area contributed by atoms with E-state index in [1.165, 1.54) is 5.70 Å². The molecule has 3 rings (SSSR count). The van der Waals surface area contributed by atoms with Gasteiger partial charge >= 0.3 is 103 Å². The fourth-order valence-corrected chi connectivity index (χ4v) is 8.36. The summed E-state index contributed by atoms with van der Waals surface area (Å²) in [5, 5.41) is 13.7. The van der Waals surface area contributed by atoms with Gasteiger partial charge in [0.1, 0.15) is 0 Å². The molecule has 2 fully saturated rings. The van der Waals surface area contributed by atoms with Crippen LogP contribution in [0.4, 0.5) is 0 Å². The molecule has 1 aliphatic carbocycles. The summed E-state index contributed by atoms with van der Waals surface area (Å²) in [5.74, 6) is 0.741. The van der Waals surface area contributed by atoms with Crippen LogP contribution in [0.1, 0.15) is 6.42 Å². The Morgan fingerprint density at radius 1 is 1.67 bits per heavy atom. The second-order valence-electron chi connectivity index (χ2n) is 4.27. The van der Waals surface area contributed by atoms with Crippen molar-refractivity contribution in [2.75, 3.05) is 6.54 Å². The maximum atomic E-state index is 9.90. The van der Waals surface area contributed by atoms with Gasteiger partial charge < -0.3 is 0 Å². The molecule has 0 aromatic rings. The Hall–Kier alpha value is 0.500. The van der Waals surface area contributed by atoms with Crippen LogP contribution in [0.15, 0.2) is 11.8 Å². The molecule has 2 saturated heterocycles. The number of hydrogen-bond donors (Lipinski definition) is 4. The topological polar surface area (TPSA) is 70.3 Å². The molecule has 0 saturated carbocycles. The second-order valence-corrected chi connectivity index (χ2v) is 8.50. The van der Waals surface area contributed by atoms with Gasteiger partial charge in [-0.15, -0.1) is 0 Å². The Morgan fingerprint density at radius 3 is 3.33 bits per heavy atom. The molecule has 4 nitrogen and oxygen atoms in total. The van der Waals surface area contributed by atoms with Crippen molar-refractivity contribution in [3.63, 3.8) is 0 Å². The van der Waals surface area contributed by atoms with E-state index in [-0.39, 0.29) is 26.0 Å². The molecular weight excluding hydrogens is 325 g/mol. The molecule has 5 N–H and O–H groups in total. The second kappa shape index (κ2) is 4.06. The number of fused-ring (bicyclic) bond motifs is 3. The minimum atomic E-state index is -0.405. The molecule has 0 spiro atoms. The van der Waals surface area contributed by atoms with Gasteiger partial charge in [-0.2, -0.15) is 0 Å². The standard InChI is InChI=1S/C9H15IN3OS/c11-3-4-7-5(12-9(4)14)1-2-6-8(7)15-10-13-6/h2,4-5,7-9,12-14H,1,3,11H2/q-1. The predicted octanol–water partition coefficient (Wildman–Crippen LogP) is -3.62. The van der Waals surface area contributed by atoms with Gasteiger partial charge in [0.05, 0.1) is 0 Å². The number of aliphatic hydroxyl groups is 1. The van der Waals surface area contributed by atoms with Crippen LogP contribution in [0.25, 0.3) is 0 Å². The normalized spacial score (nSPS) is 48.7. The van der Waals surface area contributed by atoms with Gasteiger partial charge in [0, 0.05) is 0 Å². The van der Waals surface area contributed by atoms with Crippen molar-refractivity contribution in [3.05, 3.63) is 11.8 Å². The van der Waals surface area contributed by atoms with Crippen molar-refractivity contribution in [1.82, 2.24) is 8.85 Å². The van der Waals surface area contributed by atoms with Crippen LogP contribution in [-0.4, -0.2) is 29.2 Å². The Morgan fingerprint density at radius 2 is 2.53 bits per heavy atom. The first-order valence-electron chi connectivity index (χ1n) is 5.21. The maximum absolute atomic E-state index is 9.90. The molecule has 0 radical (unpaired) electrons. The van der Waals surface area contributed by atoms with Gasteiger partial charge in [-0.3, -0.25) is 0 Å². The predicted molar refractivity (Wildman–Crippen MR) is 56.2 cm³/mol. The van der Waals surface area contributed by atoms with E-state index >= 15 is 0 Å². The molecule has 2 heterocycles. The van der Waals surface area contributed by atoms with E-state index in [0.29, 0.717) is 23.8 Å². The molecule has 0 amide bonds. The zero-order valence-corrected chi connectivity index (χ0v) is 11.2. The average Bonchev–Trinajstić information content (AvgIpc) is 2.78. The molecule has 2 aliphatic heterocycles. The van der Waals surface area contributed by atoms with E-state index in [9.17, 15) is 5.11 Å². The third-order valence-corrected chi connectivity index (χ3v) is 8.17. The zero-order valence-electron chi connectivity index (χ0n) is 8.19. The Bertz CT molecular complexity index is 301. The fraction of sp³-hybridized carbons (Fsp3) is 0.778. The first-order valence-corrected chi connectivity index (χ1v) is 9.71.